The number of esters is 1. The van der Waals surface area contributed by atoms with Crippen LogP contribution < -0.4 is 0 Å². The normalized spacial score (nSPS) is 11.5. The number of carbonyl (C=O) groups is 1. The number of nitrogens with zero attached hydrogens (tertiary/aromatic N) is 1. The molecule has 2 aromatic rings. The first-order valence-corrected chi connectivity index (χ1v) is 9.31. The van der Waals surface area contributed by atoms with Gasteiger partial charge in [0.1, 0.15) is 12.4 Å². The number of hydrogen-bond acceptors (Lipinski definition) is 4. The number of carbonyl (C=O) groups excluding carboxylic acids is 1. The first kappa shape index (κ1) is 19.4. The van der Waals surface area contributed by atoms with Crippen molar-refractivity contribution in [1.82, 2.24) is 4.31 Å². The number of sulfonamides is 1. The minimum absolute atomic E-state index is 0.0439. The van der Waals surface area contributed by atoms with Gasteiger partial charge < -0.3 is 4.74 Å². The van der Waals surface area contributed by atoms with E-state index < -0.39 is 28.4 Å². The molecule has 0 aliphatic heterocycles. The van der Waals surface area contributed by atoms with E-state index in [0.29, 0.717) is 5.02 Å². The fourth-order valence-corrected chi connectivity index (χ4v) is 3.64. The second kappa shape index (κ2) is 8.42. The van der Waals surface area contributed by atoms with Gasteiger partial charge in [0.25, 0.3) is 0 Å². The number of hydrogen-bond donors (Lipinski definition) is 0. The molecule has 0 saturated carbocycles. The zero-order valence-corrected chi connectivity index (χ0v) is 15.1. The summed E-state index contributed by atoms with van der Waals surface area (Å²) in [5.41, 5.74) is 0.157. The lowest BCUT2D eigenvalue weighted by atomic mass is 10.2. The third-order valence-corrected chi connectivity index (χ3v) is 5.42. The van der Waals surface area contributed by atoms with Gasteiger partial charge in [0.15, 0.2) is 0 Å². The Hall–Kier alpha value is -1.96. The second-order valence-electron chi connectivity index (χ2n) is 5.12. The minimum atomic E-state index is -4.04. The Morgan fingerprint density at radius 3 is 2.40 bits per heavy atom. The van der Waals surface area contributed by atoms with Gasteiger partial charge in [-0.2, -0.15) is 4.31 Å². The lowest BCUT2D eigenvalue weighted by Gasteiger charge is -2.21. The van der Waals surface area contributed by atoms with Crippen LogP contribution in [0.2, 0.25) is 5.02 Å². The third-order valence-electron chi connectivity index (χ3n) is 3.37. The highest BCUT2D eigenvalue weighted by molar-refractivity contribution is 7.89. The van der Waals surface area contributed by atoms with E-state index in [1.165, 1.54) is 42.5 Å². The van der Waals surface area contributed by atoms with Crippen molar-refractivity contribution in [3.05, 3.63) is 64.9 Å². The summed E-state index contributed by atoms with van der Waals surface area (Å²) in [6, 6.07) is 11.3. The van der Waals surface area contributed by atoms with Crippen molar-refractivity contribution >= 4 is 27.6 Å². The van der Waals surface area contributed by atoms with E-state index in [1.54, 1.807) is 13.0 Å². The van der Waals surface area contributed by atoms with E-state index >= 15 is 0 Å². The van der Waals surface area contributed by atoms with Crippen LogP contribution in [-0.4, -0.2) is 31.8 Å². The summed E-state index contributed by atoms with van der Waals surface area (Å²) in [5.74, 6) is -1.26. The van der Waals surface area contributed by atoms with Crippen LogP contribution in [0.5, 0.6) is 0 Å². The average Bonchev–Trinajstić information content (AvgIpc) is 2.57. The van der Waals surface area contributed by atoms with Gasteiger partial charge in [-0.05, 0) is 37.3 Å². The lowest BCUT2D eigenvalue weighted by molar-refractivity contribution is -0.143. The highest BCUT2D eigenvalue weighted by Gasteiger charge is 2.28. The Kier molecular flexibility index (Phi) is 6.52. The van der Waals surface area contributed by atoms with Gasteiger partial charge in [0, 0.05) is 17.1 Å². The fraction of sp³-hybridized carbons (Fsp3) is 0.235. The molecule has 0 amide bonds. The molecule has 134 valence electrons. The molecule has 2 rings (SSSR count). The second-order valence-corrected chi connectivity index (χ2v) is 7.50. The molecule has 0 aromatic heterocycles. The monoisotopic (exact) mass is 385 g/mol. The Morgan fingerprint density at radius 1 is 1.16 bits per heavy atom. The van der Waals surface area contributed by atoms with Gasteiger partial charge in [0.2, 0.25) is 10.0 Å². The van der Waals surface area contributed by atoms with Crippen LogP contribution in [0.1, 0.15) is 12.5 Å². The van der Waals surface area contributed by atoms with Gasteiger partial charge in [-0.25, -0.2) is 12.8 Å². The molecule has 0 unspecified atom stereocenters. The highest BCUT2D eigenvalue weighted by atomic mass is 35.5. The van der Waals surface area contributed by atoms with Crippen molar-refractivity contribution in [3.8, 4) is 0 Å². The quantitative estimate of drug-likeness (QED) is 0.686. The molecule has 0 aliphatic rings. The maximum Gasteiger partial charge on any atom is 0.321 e. The number of benzene rings is 2. The number of halogens is 2. The molecule has 0 saturated heterocycles. The van der Waals surface area contributed by atoms with Gasteiger partial charge in [-0.1, -0.05) is 29.8 Å². The van der Waals surface area contributed by atoms with E-state index in [-0.39, 0.29) is 23.6 Å². The first-order valence-electron chi connectivity index (χ1n) is 7.49. The average molecular weight is 386 g/mol. The Bertz CT molecular complexity index is 840. The Balaban J connectivity index is 2.37. The van der Waals surface area contributed by atoms with Crippen LogP contribution in [-0.2, 0) is 26.1 Å². The van der Waals surface area contributed by atoms with E-state index in [2.05, 4.69) is 0 Å². The summed E-state index contributed by atoms with van der Waals surface area (Å²) in [5, 5.41) is 0.380. The van der Waals surface area contributed by atoms with Crippen LogP contribution in [0.15, 0.2) is 53.4 Å². The topological polar surface area (TPSA) is 63.7 Å². The van der Waals surface area contributed by atoms with Crippen LogP contribution in [0.4, 0.5) is 4.39 Å². The molecule has 2 aromatic carbocycles. The fourth-order valence-electron chi connectivity index (χ4n) is 2.15. The van der Waals surface area contributed by atoms with Crippen molar-refractivity contribution in [2.45, 2.75) is 18.4 Å². The van der Waals surface area contributed by atoms with Crippen molar-refractivity contribution < 1.29 is 22.3 Å². The molecule has 5 nitrogen and oxygen atoms in total. The van der Waals surface area contributed by atoms with Gasteiger partial charge in [-0.3, -0.25) is 4.79 Å². The summed E-state index contributed by atoms with van der Waals surface area (Å²) in [4.78, 5) is 11.8. The van der Waals surface area contributed by atoms with E-state index in [0.717, 1.165) is 4.31 Å². The molecular weight excluding hydrogens is 369 g/mol. The zero-order valence-electron chi connectivity index (χ0n) is 13.5. The molecule has 0 bridgehead atoms. The van der Waals surface area contributed by atoms with Crippen LogP contribution in [0.25, 0.3) is 0 Å². The Morgan fingerprint density at radius 2 is 1.80 bits per heavy atom. The molecule has 0 radical (unpaired) electrons. The molecule has 8 heteroatoms. The van der Waals surface area contributed by atoms with Crippen LogP contribution >= 0.6 is 11.6 Å². The molecule has 0 atom stereocenters. The van der Waals surface area contributed by atoms with E-state index in [4.69, 9.17) is 16.3 Å². The molecule has 0 heterocycles. The molecule has 0 spiro atoms. The summed E-state index contributed by atoms with van der Waals surface area (Å²) in [7, 11) is -4.04. The van der Waals surface area contributed by atoms with E-state index in [1.807, 2.05) is 0 Å². The van der Waals surface area contributed by atoms with E-state index in [9.17, 15) is 17.6 Å². The summed E-state index contributed by atoms with van der Waals surface area (Å²) < 4.78 is 45.3. The minimum Gasteiger partial charge on any atom is -0.465 e. The molecule has 0 aliphatic carbocycles. The zero-order chi connectivity index (χ0) is 18.4. The smallest absolute Gasteiger partial charge is 0.321 e. The maximum absolute atomic E-state index is 13.9. The van der Waals surface area contributed by atoms with Gasteiger partial charge >= 0.3 is 5.97 Å². The SMILES string of the molecule is CCOC(=O)CN(Cc1ccccc1F)S(=O)(=O)c1ccc(Cl)cc1. The lowest BCUT2D eigenvalue weighted by Crippen LogP contribution is -2.36. The summed E-state index contributed by atoms with van der Waals surface area (Å²) in [6.07, 6.45) is 0. The maximum atomic E-state index is 13.9. The standard InChI is InChI=1S/C17H17ClFNO4S/c1-2-24-17(21)12-20(11-13-5-3-4-6-16(13)19)25(22,23)15-9-7-14(18)8-10-15/h3-10H,2,11-12H2,1H3. The summed E-state index contributed by atoms with van der Waals surface area (Å²) in [6.45, 7) is 0.920. The van der Waals surface area contributed by atoms with Gasteiger partial charge in [-0.15, -0.1) is 0 Å². The van der Waals surface area contributed by atoms with Gasteiger partial charge in [0.05, 0.1) is 11.5 Å². The molecular formula is C17H17ClFNO4S. The predicted molar refractivity (Wildman–Crippen MR) is 92.1 cm³/mol. The largest absolute Gasteiger partial charge is 0.465 e. The number of rotatable bonds is 7. The van der Waals surface area contributed by atoms with Crippen molar-refractivity contribution in [3.63, 3.8) is 0 Å². The highest BCUT2D eigenvalue weighted by Crippen LogP contribution is 2.21. The molecule has 0 N–H and O–H groups in total. The molecule has 25 heavy (non-hydrogen) atoms. The van der Waals surface area contributed by atoms with Crippen molar-refractivity contribution in [1.29, 1.82) is 0 Å². The molecule has 0 fully saturated rings. The van der Waals surface area contributed by atoms with Crippen LogP contribution in [0.3, 0.4) is 0 Å². The van der Waals surface area contributed by atoms with Crippen molar-refractivity contribution in [2.24, 2.45) is 0 Å². The summed E-state index contributed by atoms with van der Waals surface area (Å²) >= 11 is 5.79. The number of ether oxygens (including phenoxy) is 1. The third kappa shape index (κ3) is 5.01. The van der Waals surface area contributed by atoms with Crippen LogP contribution in [0, 0.1) is 5.82 Å². The van der Waals surface area contributed by atoms with Crippen molar-refractivity contribution in [2.75, 3.05) is 13.2 Å². The first-order chi connectivity index (χ1) is 11.8. The predicted octanol–water partition coefficient (Wildman–Crippen LogP) is 3.23. The Labute approximate surface area is 151 Å².